The molecule has 0 amide bonds. The van der Waals surface area contributed by atoms with Crippen LogP contribution in [0.15, 0.2) is 0 Å². The fourth-order valence-corrected chi connectivity index (χ4v) is 2.88. The Morgan fingerprint density at radius 1 is 1.47 bits per heavy atom. The SMILES string of the molecule is CCNC1(C(=O)OC)CCC(N(C)CCOCC)C1. The molecule has 1 aliphatic rings. The van der Waals surface area contributed by atoms with Crippen LogP contribution in [0.4, 0.5) is 0 Å². The summed E-state index contributed by atoms with van der Waals surface area (Å²) in [7, 11) is 3.57. The zero-order valence-electron chi connectivity index (χ0n) is 12.7. The first-order chi connectivity index (χ1) is 9.09. The van der Waals surface area contributed by atoms with Crippen molar-refractivity contribution in [2.24, 2.45) is 0 Å². The lowest BCUT2D eigenvalue weighted by molar-refractivity contribution is -0.148. The standard InChI is InChI=1S/C14H28N2O3/c1-5-15-14(13(17)18-4)8-7-12(11-14)16(3)9-10-19-6-2/h12,15H,5-11H2,1-4H3. The van der Waals surface area contributed by atoms with Crippen molar-refractivity contribution in [1.82, 2.24) is 10.2 Å². The van der Waals surface area contributed by atoms with Crippen molar-refractivity contribution in [2.75, 3.05) is 40.5 Å². The van der Waals surface area contributed by atoms with Gasteiger partial charge >= 0.3 is 5.97 Å². The normalized spacial score (nSPS) is 26.9. The van der Waals surface area contributed by atoms with E-state index < -0.39 is 5.54 Å². The van der Waals surface area contributed by atoms with Crippen LogP contribution in [0.5, 0.6) is 0 Å². The Kier molecular flexibility index (Phi) is 6.75. The van der Waals surface area contributed by atoms with Crippen molar-refractivity contribution in [3.63, 3.8) is 0 Å². The summed E-state index contributed by atoms with van der Waals surface area (Å²) in [6.07, 6.45) is 2.68. The molecule has 0 aromatic heterocycles. The number of likely N-dealkylation sites (N-methyl/N-ethyl adjacent to an activating group) is 2. The van der Waals surface area contributed by atoms with E-state index in [-0.39, 0.29) is 5.97 Å². The van der Waals surface area contributed by atoms with Gasteiger partial charge in [-0.15, -0.1) is 0 Å². The molecule has 0 aromatic rings. The molecule has 2 unspecified atom stereocenters. The van der Waals surface area contributed by atoms with Crippen molar-refractivity contribution in [1.29, 1.82) is 0 Å². The maximum absolute atomic E-state index is 12.0. The number of methoxy groups -OCH3 is 1. The summed E-state index contributed by atoms with van der Waals surface area (Å²) in [6, 6.07) is 0.415. The highest BCUT2D eigenvalue weighted by Gasteiger charge is 2.46. The first-order valence-electron chi connectivity index (χ1n) is 7.21. The van der Waals surface area contributed by atoms with Crippen LogP contribution in [-0.4, -0.2) is 62.9 Å². The van der Waals surface area contributed by atoms with Gasteiger partial charge < -0.3 is 19.7 Å². The Bertz CT molecular complexity index is 286. The molecule has 1 aliphatic carbocycles. The van der Waals surface area contributed by atoms with Crippen LogP contribution in [0.25, 0.3) is 0 Å². The van der Waals surface area contributed by atoms with Gasteiger partial charge in [0.1, 0.15) is 5.54 Å². The van der Waals surface area contributed by atoms with Crippen molar-refractivity contribution in [3.05, 3.63) is 0 Å². The molecule has 112 valence electrons. The number of ether oxygens (including phenoxy) is 2. The van der Waals surface area contributed by atoms with Crippen LogP contribution in [-0.2, 0) is 14.3 Å². The second kappa shape index (κ2) is 7.82. The van der Waals surface area contributed by atoms with Gasteiger partial charge in [0.05, 0.1) is 13.7 Å². The predicted molar refractivity (Wildman–Crippen MR) is 75.2 cm³/mol. The van der Waals surface area contributed by atoms with Gasteiger partial charge in [-0.1, -0.05) is 6.92 Å². The van der Waals surface area contributed by atoms with Crippen LogP contribution in [0.3, 0.4) is 0 Å². The van der Waals surface area contributed by atoms with Crippen molar-refractivity contribution < 1.29 is 14.3 Å². The largest absolute Gasteiger partial charge is 0.468 e. The van der Waals surface area contributed by atoms with Gasteiger partial charge in [-0.3, -0.25) is 4.79 Å². The van der Waals surface area contributed by atoms with Gasteiger partial charge in [-0.05, 0) is 39.8 Å². The van der Waals surface area contributed by atoms with E-state index in [9.17, 15) is 4.79 Å². The first kappa shape index (κ1) is 16.4. The smallest absolute Gasteiger partial charge is 0.326 e. The van der Waals surface area contributed by atoms with Crippen molar-refractivity contribution in [2.45, 2.75) is 44.7 Å². The number of rotatable bonds is 8. The summed E-state index contributed by atoms with van der Waals surface area (Å²) in [5.41, 5.74) is -0.492. The zero-order valence-corrected chi connectivity index (χ0v) is 12.7. The summed E-state index contributed by atoms with van der Waals surface area (Å²) in [5, 5.41) is 3.33. The number of carbonyl (C=O) groups excluding carboxylic acids is 1. The molecule has 0 aliphatic heterocycles. The molecule has 1 saturated carbocycles. The maximum atomic E-state index is 12.0. The molecule has 0 saturated heterocycles. The average molecular weight is 272 g/mol. The molecule has 2 atom stereocenters. The molecule has 5 nitrogen and oxygen atoms in total. The summed E-state index contributed by atoms with van der Waals surface area (Å²) < 4.78 is 10.4. The highest BCUT2D eigenvalue weighted by molar-refractivity contribution is 5.81. The molecular formula is C14H28N2O3. The molecule has 19 heavy (non-hydrogen) atoms. The number of hydrogen-bond donors (Lipinski definition) is 1. The van der Waals surface area contributed by atoms with Gasteiger partial charge in [-0.2, -0.15) is 0 Å². The van der Waals surface area contributed by atoms with E-state index in [1.165, 1.54) is 7.11 Å². The molecule has 1 fully saturated rings. The third-order valence-corrected chi connectivity index (χ3v) is 4.00. The third kappa shape index (κ3) is 4.16. The summed E-state index contributed by atoms with van der Waals surface area (Å²) in [6.45, 7) is 7.21. The molecular weight excluding hydrogens is 244 g/mol. The minimum atomic E-state index is -0.492. The summed E-state index contributed by atoms with van der Waals surface area (Å²) >= 11 is 0. The Labute approximate surface area is 116 Å². The van der Waals surface area contributed by atoms with E-state index in [4.69, 9.17) is 9.47 Å². The van der Waals surface area contributed by atoms with Crippen LogP contribution in [0, 0.1) is 0 Å². The van der Waals surface area contributed by atoms with E-state index in [2.05, 4.69) is 17.3 Å². The third-order valence-electron chi connectivity index (χ3n) is 4.00. The molecule has 0 bridgehead atoms. The minimum absolute atomic E-state index is 0.130. The van der Waals surface area contributed by atoms with E-state index in [0.717, 1.165) is 45.6 Å². The number of nitrogens with one attached hydrogen (secondary N) is 1. The lowest BCUT2D eigenvalue weighted by Crippen LogP contribution is -2.51. The number of hydrogen-bond acceptors (Lipinski definition) is 5. The Balaban J connectivity index is 2.55. The van der Waals surface area contributed by atoms with Gasteiger partial charge in [-0.25, -0.2) is 0 Å². The van der Waals surface area contributed by atoms with Crippen LogP contribution < -0.4 is 5.32 Å². The number of carbonyl (C=O) groups is 1. The summed E-state index contributed by atoms with van der Waals surface area (Å²) in [4.78, 5) is 14.3. The average Bonchev–Trinajstić information content (AvgIpc) is 2.84. The molecule has 1 rings (SSSR count). The van der Waals surface area contributed by atoms with E-state index in [1.54, 1.807) is 0 Å². The van der Waals surface area contributed by atoms with Gasteiger partial charge in [0.2, 0.25) is 0 Å². The van der Waals surface area contributed by atoms with E-state index >= 15 is 0 Å². The van der Waals surface area contributed by atoms with Crippen molar-refractivity contribution in [3.8, 4) is 0 Å². The first-order valence-corrected chi connectivity index (χ1v) is 7.21. The quantitative estimate of drug-likeness (QED) is 0.528. The lowest BCUT2D eigenvalue weighted by atomic mass is 9.97. The van der Waals surface area contributed by atoms with Crippen LogP contribution in [0.2, 0.25) is 0 Å². The fraction of sp³-hybridized carbons (Fsp3) is 0.929. The second-order valence-corrected chi connectivity index (χ2v) is 5.18. The number of nitrogens with zero attached hydrogens (tertiary/aromatic N) is 1. The molecule has 0 heterocycles. The second-order valence-electron chi connectivity index (χ2n) is 5.18. The van der Waals surface area contributed by atoms with E-state index in [1.807, 2.05) is 13.8 Å². The zero-order chi connectivity index (χ0) is 14.3. The highest BCUT2D eigenvalue weighted by Crippen LogP contribution is 2.33. The maximum Gasteiger partial charge on any atom is 0.326 e. The van der Waals surface area contributed by atoms with Gasteiger partial charge in [0.15, 0.2) is 0 Å². The lowest BCUT2D eigenvalue weighted by Gasteiger charge is -2.29. The minimum Gasteiger partial charge on any atom is -0.468 e. The molecule has 0 aromatic carbocycles. The Morgan fingerprint density at radius 3 is 2.79 bits per heavy atom. The van der Waals surface area contributed by atoms with E-state index in [0.29, 0.717) is 6.04 Å². The summed E-state index contributed by atoms with van der Waals surface area (Å²) in [5.74, 6) is -0.130. The monoisotopic (exact) mass is 272 g/mol. The van der Waals surface area contributed by atoms with Gasteiger partial charge in [0.25, 0.3) is 0 Å². The molecule has 1 N–H and O–H groups in total. The van der Waals surface area contributed by atoms with Crippen LogP contribution in [0.1, 0.15) is 33.1 Å². The molecule has 0 radical (unpaired) electrons. The van der Waals surface area contributed by atoms with Gasteiger partial charge in [0, 0.05) is 19.2 Å². The van der Waals surface area contributed by atoms with Crippen LogP contribution >= 0.6 is 0 Å². The number of esters is 1. The van der Waals surface area contributed by atoms with Crippen molar-refractivity contribution >= 4 is 5.97 Å². The molecule has 5 heteroatoms. The molecule has 0 spiro atoms. The topological polar surface area (TPSA) is 50.8 Å². The fourth-order valence-electron chi connectivity index (χ4n) is 2.88. The Morgan fingerprint density at radius 2 is 2.21 bits per heavy atom. The Hall–Kier alpha value is -0.650. The predicted octanol–water partition coefficient (Wildman–Crippen LogP) is 1.03. The highest BCUT2D eigenvalue weighted by atomic mass is 16.5.